The zero-order chi connectivity index (χ0) is 11.3. The van der Waals surface area contributed by atoms with Crippen LogP contribution in [0.1, 0.15) is 0 Å². The van der Waals surface area contributed by atoms with Crippen molar-refractivity contribution in [2.24, 2.45) is 0 Å². The van der Waals surface area contributed by atoms with E-state index in [2.05, 4.69) is 4.74 Å². The molecule has 0 amide bonds. The van der Waals surface area contributed by atoms with Crippen LogP contribution in [0.3, 0.4) is 0 Å². The Morgan fingerprint density at radius 2 is 1.86 bits per heavy atom. The van der Waals surface area contributed by atoms with E-state index >= 15 is 0 Å². The van der Waals surface area contributed by atoms with E-state index < -0.39 is 37.0 Å². The van der Waals surface area contributed by atoms with Crippen molar-refractivity contribution >= 4 is 5.97 Å². The fourth-order valence-electron chi connectivity index (χ4n) is 0.954. The minimum Gasteiger partial charge on any atom is -0.479 e. The molecule has 4 atom stereocenters. The van der Waals surface area contributed by atoms with Crippen molar-refractivity contribution in [3.8, 4) is 0 Å². The van der Waals surface area contributed by atoms with Gasteiger partial charge in [-0.05, 0) is 0 Å². The Bertz CT molecular complexity index is 183. The number of carboxylic acids is 1. The zero-order valence-corrected chi connectivity index (χ0v) is 7.57. The molecule has 0 unspecified atom stereocenters. The highest BCUT2D eigenvalue weighted by Gasteiger charge is 2.35. The molecule has 14 heavy (non-hydrogen) atoms. The van der Waals surface area contributed by atoms with Gasteiger partial charge in [0.05, 0.1) is 6.61 Å². The fraction of sp³-hybridized carbons (Fsp3) is 0.857. The first-order valence-electron chi connectivity index (χ1n) is 3.86. The second kappa shape index (κ2) is 5.89. The predicted molar refractivity (Wildman–Crippen MR) is 43.5 cm³/mol. The summed E-state index contributed by atoms with van der Waals surface area (Å²) in [6.07, 6.45) is -6.68. The molecule has 5 N–H and O–H groups in total. The molecule has 7 heteroatoms. The smallest absolute Gasteiger partial charge is 0.335 e. The number of aliphatic carboxylic acids is 1. The number of hydrogen-bond acceptors (Lipinski definition) is 6. The predicted octanol–water partition coefficient (Wildman–Crippen LogP) is -2.84. The Morgan fingerprint density at radius 1 is 1.36 bits per heavy atom. The van der Waals surface area contributed by atoms with Gasteiger partial charge in [-0.25, -0.2) is 4.79 Å². The highest BCUT2D eigenvalue weighted by Crippen LogP contribution is 2.08. The Kier molecular flexibility index (Phi) is 5.58. The molecule has 0 heterocycles. The summed E-state index contributed by atoms with van der Waals surface area (Å²) < 4.78 is 4.55. The van der Waals surface area contributed by atoms with Gasteiger partial charge in [0.25, 0.3) is 0 Å². The van der Waals surface area contributed by atoms with Gasteiger partial charge in [0.2, 0.25) is 0 Å². The molecule has 0 rings (SSSR count). The van der Waals surface area contributed by atoms with E-state index in [4.69, 9.17) is 20.4 Å². The van der Waals surface area contributed by atoms with E-state index in [0.717, 1.165) is 7.11 Å². The number of hydrogen-bond donors (Lipinski definition) is 5. The second-order valence-electron chi connectivity index (χ2n) is 2.72. The van der Waals surface area contributed by atoms with Gasteiger partial charge in [-0.1, -0.05) is 0 Å². The summed E-state index contributed by atoms with van der Waals surface area (Å²) >= 11 is 0. The first-order chi connectivity index (χ1) is 6.45. The molecule has 0 radical (unpaired) electrons. The molecule has 0 aliphatic carbocycles. The number of aliphatic hydroxyl groups excluding tert-OH is 4. The minimum atomic E-state index is -2.07. The third kappa shape index (κ3) is 3.20. The summed E-state index contributed by atoms with van der Waals surface area (Å²) in [5.41, 5.74) is 0. The van der Waals surface area contributed by atoms with Crippen LogP contribution in [0.15, 0.2) is 0 Å². The maximum absolute atomic E-state index is 10.3. The molecule has 0 aromatic rings. The van der Waals surface area contributed by atoms with Crippen LogP contribution in [0.2, 0.25) is 0 Å². The summed E-state index contributed by atoms with van der Waals surface area (Å²) in [6.45, 7) is -0.706. The summed E-state index contributed by atoms with van der Waals surface area (Å²) in [5.74, 6) is -1.63. The molecule has 0 aliphatic rings. The quantitative estimate of drug-likeness (QED) is 0.319. The Balaban J connectivity index is 4.44. The van der Waals surface area contributed by atoms with Gasteiger partial charge < -0.3 is 30.3 Å². The molecule has 7 nitrogen and oxygen atoms in total. The van der Waals surface area contributed by atoms with Crippen molar-refractivity contribution in [1.82, 2.24) is 0 Å². The number of carbonyl (C=O) groups is 1. The lowest BCUT2D eigenvalue weighted by molar-refractivity contribution is -0.167. The number of methoxy groups -OCH3 is 1. The molecule has 84 valence electrons. The summed E-state index contributed by atoms with van der Waals surface area (Å²) in [4.78, 5) is 10.3. The van der Waals surface area contributed by atoms with E-state index in [9.17, 15) is 9.90 Å². The molecule has 0 spiro atoms. The van der Waals surface area contributed by atoms with Crippen LogP contribution in [0.25, 0.3) is 0 Å². The molecular weight excluding hydrogens is 196 g/mol. The van der Waals surface area contributed by atoms with Crippen molar-refractivity contribution in [3.63, 3.8) is 0 Å². The maximum atomic E-state index is 10.3. The standard InChI is InChI=1S/C7H14O7/c1-14-6(3(9)2-8)4(10)5(11)7(12)13/h3-6,8-11H,2H2,1H3,(H,12,13)/t3-,4-,5-,6-/m1/s1. The molecule has 0 aliphatic heterocycles. The second-order valence-corrected chi connectivity index (χ2v) is 2.72. The largest absolute Gasteiger partial charge is 0.479 e. The zero-order valence-electron chi connectivity index (χ0n) is 7.57. The summed E-state index contributed by atoms with van der Waals surface area (Å²) in [5, 5.41) is 44.1. The van der Waals surface area contributed by atoms with Gasteiger partial charge in [-0.15, -0.1) is 0 Å². The summed E-state index contributed by atoms with van der Waals surface area (Å²) in [7, 11) is 1.11. The van der Waals surface area contributed by atoms with Crippen molar-refractivity contribution in [2.75, 3.05) is 13.7 Å². The first-order valence-corrected chi connectivity index (χ1v) is 3.86. The van der Waals surface area contributed by atoms with E-state index in [1.54, 1.807) is 0 Å². The average Bonchev–Trinajstić information content (AvgIpc) is 2.16. The van der Waals surface area contributed by atoms with Crippen molar-refractivity contribution < 1.29 is 35.1 Å². The Hall–Kier alpha value is -0.730. The highest BCUT2D eigenvalue weighted by atomic mass is 16.5. The van der Waals surface area contributed by atoms with Crippen LogP contribution >= 0.6 is 0 Å². The van der Waals surface area contributed by atoms with Crippen LogP contribution in [-0.2, 0) is 9.53 Å². The van der Waals surface area contributed by atoms with Gasteiger partial charge in [0.1, 0.15) is 18.3 Å². The number of rotatable bonds is 6. The first kappa shape index (κ1) is 13.3. The van der Waals surface area contributed by atoms with E-state index in [0.29, 0.717) is 0 Å². The van der Waals surface area contributed by atoms with E-state index in [1.807, 2.05) is 0 Å². The van der Waals surface area contributed by atoms with Gasteiger partial charge >= 0.3 is 5.97 Å². The normalized spacial score (nSPS) is 19.8. The maximum Gasteiger partial charge on any atom is 0.335 e. The molecule has 0 saturated heterocycles. The third-order valence-corrected chi connectivity index (χ3v) is 1.75. The molecule has 0 fully saturated rings. The summed E-state index contributed by atoms with van der Waals surface area (Å²) in [6, 6.07) is 0. The number of aliphatic hydroxyl groups is 4. The molecular formula is C7H14O7. The number of ether oxygens (including phenoxy) is 1. The van der Waals surface area contributed by atoms with Crippen LogP contribution in [0.4, 0.5) is 0 Å². The molecule has 0 saturated carbocycles. The Labute approximate surface area is 80.2 Å². The number of carboxylic acid groups (broad SMARTS) is 1. The van der Waals surface area contributed by atoms with Crippen LogP contribution in [-0.4, -0.2) is 69.6 Å². The van der Waals surface area contributed by atoms with E-state index in [1.165, 1.54) is 0 Å². The lowest BCUT2D eigenvalue weighted by atomic mass is 10.0. The SMILES string of the molecule is CO[C@@H]([C@H](O)[C@@H](O)C(=O)O)[C@H](O)CO. The van der Waals surface area contributed by atoms with E-state index in [-0.39, 0.29) is 0 Å². The topological polar surface area (TPSA) is 127 Å². The lowest BCUT2D eigenvalue weighted by Gasteiger charge is -2.26. The van der Waals surface area contributed by atoms with Crippen LogP contribution in [0.5, 0.6) is 0 Å². The van der Waals surface area contributed by atoms with Crippen molar-refractivity contribution in [3.05, 3.63) is 0 Å². The third-order valence-electron chi connectivity index (χ3n) is 1.75. The molecule has 0 aromatic heterocycles. The monoisotopic (exact) mass is 210 g/mol. The van der Waals surface area contributed by atoms with Crippen molar-refractivity contribution in [1.29, 1.82) is 0 Å². The lowest BCUT2D eigenvalue weighted by Crippen LogP contribution is -2.49. The van der Waals surface area contributed by atoms with Crippen molar-refractivity contribution in [2.45, 2.75) is 24.4 Å². The van der Waals surface area contributed by atoms with Crippen LogP contribution in [0, 0.1) is 0 Å². The molecule has 0 bridgehead atoms. The van der Waals surface area contributed by atoms with Gasteiger partial charge in [-0.3, -0.25) is 0 Å². The molecule has 0 aromatic carbocycles. The minimum absolute atomic E-state index is 0.706. The van der Waals surface area contributed by atoms with Gasteiger partial charge in [0, 0.05) is 7.11 Å². The van der Waals surface area contributed by atoms with Gasteiger partial charge in [-0.2, -0.15) is 0 Å². The Morgan fingerprint density at radius 3 is 2.14 bits per heavy atom. The van der Waals surface area contributed by atoms with Gasteiger partial charge in [0.15, 0.2) is 6.10 Å². The fourth-order valence-corrected chi connectivity index (χ4v) is 0.954. The van der Waals surface area contributed by atoms with Crippen LogP contribution < -0.4 is 0 Å². The highest BCUT2D eigenvalue weighted by molar-refractivity contribution is 5.72. The average molecular weight is 210 g/mol.